The van der Waals surface area contributed by atoms with Crippen molar-refractivity contribution < 1.29 is 27.6 Å². The first-order chi connectivity index (χ1) is 15.8. The Balaban J connectivity index is 1.30. The highest BCUT2D eigenvalue weighted by Crippen LogP contribution is 2.34. The summed E-state index contributed by atoms with van der Waals surface area (Å²) in [6.07, 6.45) is 2.15. The van der Waals surface area contributed by atoms with Gasteiger partial charge in [-0.2, -0.15) is 0 Å². The number of nitrogens with zero attached hydrogens (tertiary/aromatic N) is 1. The van der Waals surface area contributed by atoms with Crippen molar-refractivity contribution in [2.24, 2.45) is 0 Å². The normalized spacial score (nSPS) is 20.2. The van der Waals surface area contributed by atoms with Crippen LogP contribution in [-0.4, -0.2) is 28.9 Å². The van der Waals surface area contributed by atoms with Crippen LogP contribution in [0.1, 0.15) is 36.6 Å². The van der Waals surface area contributed by atoms with Crippen LogP contribution in [0, 0.1) is 17.5 Å². The third kappa shape index (κ3) is 3.61. The van der Waals surface area contributed by atoms with Gasteiger partial charge in [0.25, 0.3) is 5.91 Å². The maximum atomic E-state index is 13.6. The molecule has 0 radical (unpaired) electrons. The van der Waals surface area contributed by atoms with E-state index in [1.54, 1.807) is 0 Å². The number of rotatable bonds is 4. The molecule has 10 heteroatoms. The lowest BCUT2D eigenvalue weighted by Gasteiger charge is -2.24. The van der Waals surface area contributed by atoms with Crippen LogP contribution >= 0.6 is 0 Å². The standard InChI is InChI=1S/C23H19F3N4O3/c24-14-8-11(9-15(25)20(14)26)30-22(32)18(29-23(30)33)10-19(31)27-17-7-3-5-13-12-4-1-2-6-16(12)28-21(13)17/h1-2,4,6,8-9,17-18,28H,3,5,7,10H2,(H,27,31)(H,29,33)/t17-,18-/m1/s1. The van der Waals surface area contributed by atoms with Gasteiger partial charge >= 0.3 is 6.03 Å². The molecule has 5 rings (SSSR count). The number of urea groups is 1. The number of aryl methyl sites for hydroxylation is 1. The molecule has 2 atom stereocenters. The van der Waals surface area contributed by atoms with Crippen molar-refractivity contribution in [2.45, 2.75) is 37.8 Å². The molecular formula is C23H19F3N4O3. The minimum atomic E-state index is -1.70. The van der Waals surface area contributed by atoms with Gasteiger partial charge in [-0.05, 0) is 30.9 Å². The average Bonchev–Trinajstić information content (AvgIpc) is 3.29. The lowest BCUT2D eigenvalue weighted by atomic mass is 9.91. The van der Waals surface area contributed by atoms with E-state index in [4.69, 9.17) is 0 Å². The number of para-hydroxylation sites is 1. The van der Waals surface area contributed by atoms with Gasteiger partial charge in [0.15, 0.2) is 17.5 Å². The number of carbonyl (C=O) groups excluding carboxylic acids is 3. The second-order valence-corrected chi connectivity index (χ2v) is 8.18. The monoisotopic (exact) mass is 456 g/mol. The summed E-state index contributed by atoms with van der Waals surface area (Å²) in [6, 6.07) is 6.56. The lowest BCUT2D eigenvalue weighted by molar-refractivity contribution is -0.126. The highest BCUT2D eigenvalue weighted by molar-refractivity contribution is 6.22. The maximum Gasteiger partial charge on any atom is 0.329 e. The molecule has 7 nitrogen and oxygen atoms in total. The molecule has 1 aromatic heterocycles. The van der Waals surface area contributed by atoms with Crippen molar-refractivity contribution in [2.75, 3.05) is 4.90 Å². The molecule has 1 aliphatic carbocycles. The number of imide groups is 1. The molecule has 0 bridgehead atoms. The van der Waals surface area contributed by atoms with E-state index in [0.29, 0.717) is 17.0 Å². The lowest BCUT2D eigenvalue weighted by Crippen LogP contribution is -2.38. The molecule has 4 amide bonds. The molecule has 170 valence electrons. The Morgan fingerprint density at radius 3 is 2.61 bits per heavy atom. The zero-order valence-electron chi connectivity index (χ0n) is 17.3. The van der Waals surface area contributed by atoms with Gasteiger partial charge in [-0.3, -0.25) is 9.59 Å². The number of anilines is 1. The number of aromatic nitrogens is 1. The third-order valence-electron chi connectivity index (χ3n) is 6.09. The smallest absolute Gasteiger partial charge is 0.329 e. The SMILES string of the molecule is O=C(C[C@H]1NC(=O)N(c2cc(F)c(F)c(F)c2)C1=O)N[C@@H]1CCCc2c1[nH]c1ccccc21. The number of H-pyrrole nitrogens is 1. The molecule has 1 fully saturated rings. The number of hydrogen-bond acceptors (Lipinski definition) is 3. The van der Waals surface area contributed by atoms with Gasteiger partial charge in [-0.25, -0.2) is 22.9 Å². The first-order valence-electron chi connectivity index (χ1n) is 10.5. The Kier molecular flexibility index (Phi) is 5.07. The zero-order valence-corrected chi connectivity index (χ0v) is 17.3. The summed E-state index contributed by atoms with van der Waals surface area (Å²) in [6.45, 7) is 0. The Hall–Kier alpha value is -3.82. The summed E-state index contributed by atoms with van der Waals surface area (Å²) in [5.74, 6) is -6.07. The number of fused-ring (bicyclic) bond motifs is 3. The van der Waals surface area contributed by atoms with E-state index in [2.05, 4.69) is 15.6 Å². The molecule has 2 aliphatic rings. The Morgan fingerprint density at radius 1 is 1.12 bits per heavy atom. The molecule has 33 heavy (non-hydrogen) atoms. The van der Waals surface area contributed by atoms with Crippen LogP contribution in [0.15, 0.2) is 36.4 Å². The second-order valence-electron chi connectivity index (χ2n) is 8.18. The van der Waals surface area contributed by atoms with Crippen LogP contribution in [-0.2, 0) is 16.0 Å². The second kappa shape index (κ2) is 7.95. The topological polar surface area (TPSA) is 94.3 Å². The molecule has 0 spiro atoms. The van der Waals surface area contributed by atoms with E-state index in [-0.39, 0.29) is 12.5 Å². The number of aromatic amines is 1. The van der Waals surface area contributed by atoms with Gasteiger partial charge in [0, 0.05) is 28.7 Å². The molecule has 2 aromatic carbocycles. The van der Waals surface area contributed by atoms with Gasteiger partial charge in [0.2, 0.25) is 5.91 Å². The summed E-state index contributed by atoms with van der Waals surface area (Å²) in [7, 11) is 0. The zero-order chi connectivity index (χ0) is 23.3. The van der Waals surface area contributed by atoms with Crippen molar-refractivity contribution in [3.05, 3.63) is 65.1 Å². The summed E-state index contributed by atoms with van der Waals surface area (Å²) in [5.41, 5.74) is 2.61. The Bertz CT molecular complexity index is 1280. The number of halogens is 3. The Labute approximate surface area is 185 Å². The number of benzene rings is 2. The van der Waals surface area contributed by atoms with Crippen LogP contribution in [0.3, 0.4) is 0 Å². The van der Waals surface area contributed by atoms with Gasteiger partial charge in [0.05, 0.1) is 18.2 Å². The van der Waals surface area contributed by atoms with Gasteiger partial charge < -0.3 is 15.6 Å². The molecule has 1 saturated heterocycles. The first kappa shape index (κ1) is 21.0. The summed E-state index contributed by atoms with van der Waals surface area (Å²) >= 11 is 0. The van der Waals surface area contributed by atoms with Crippen molar-refractivity contribution in [3.8, 4) is 0 Å². The maximum absolute atomic E-state index is 13.6. The molecule has 1 aliphatic heterocycles. The van der Waals surface area contributed by atoms with E-state index in [1.807, 2.05) is 24.3 Å². The quantitative estimate of drug-likeness (QED) is 0.414. The number of amides is 4. The van der Waals surface area contributed by atoms with E-state index in [0.717, 1.165) is 41.4 Å². The first-order valence-corrected chi connectivity index (χ1v) is 10.5. The van der Waals surface area contributed by atoms with E-state index in [9.17, 15) is 27.6 Å². The van der Waals surface area contributed by atoms with Crippen LogP contribution in [0.25, 0.3) is 10.9 Å². The summed E-state index contributed by atoms with van der Waals surface area (Å²) < 4.78 is 40.4. The van der Waals surface area contributed by atoms with Crippen molar-refractivity contribution in [1.82, 2.24) is 15.6 Å². The van der Waals surface area contributed by atoms with Gasteiger partial charge in [0.1, 0.15) is 6.04 Å². The number of nitrogens with one attached hydrogen (secondary N) is 3. The summed E-state index contributed by atoms with van der Waals surface area (Å²) in [4.78, 5) is 41.5. The fourth-order valence-corrected chi connectivity index (χ4v) is 4.58. The highest BCUT2D eigenvalue weighted by atomic mass is 19.2. The highest BCUT2D eigenvalue weighted by Gasteiger charge is 2.41. The van der Waals surface area contributed by atoms with Crippen molar-refractivity contribution in [1.29, 1.82) is 0 Å². The van der Waals surface area contributed by atoms with Crippen molar-refractivity contribution in [3.63, 3.8) is 0 Å². The van der Waals surface area contributed by atoms with Gasteiger partial charge in [-0.15, -0.1) is 0 Å². The van der Waals surface area contributed by atoms with Gasteiger partial charge in [-0.1, -0.05) is 18.2 Å². The predicted molar refractivity (Wildman–Crippen MR) is 113 cm³/mol. The largest absolute Gasteiger partial charge is 0.356 e. The van der Waals surface area contributed by atoms with E-state index < -0.39 is 47.0 Å². The molecule has 3 aromatic rings. The Morgan fingerprint density at radius 2 is 1.85 bits per heavy atom. The molecular weight excluding hydrogens is 437 g/mol. The van der Waals surface area contributed by atoms with Crippen LogP contribution in [0.2, 0.25) is 0 Å². The van der Waals surface area contributed by atoms with Crippen LogP contribution in [0.4, 0.5) is 23.7 Å². The fraction of sp³-hybridized carbons (Fsp3) is 0.261. The molecule has 0 unspecified atom stereocenters. The van der Waals surface area contributed by atoms with Crippen molar-refractivity contribution >= 4 is 34.4 Å². The number of carbonyl (C=O) groups is 3. The minimum Gasteiger partial charge on any atom is -0.356 e. The molecule has 3 N–H and O–H groups in total. The summed E-state index contributed by atoms with van der Waals surface area (Å²) in [5, 5.41) is 6.37. The fourth-order valence-electron chi connectivity index (χ4n) is 4.58. The van der Waals surface area contributed by atoms with Crippen LogP contribution < -0.4 is 15.5 Å². The van der Waals surface area contributed by atoms with Crippen LogP contribution in [0.5, 0.6) is 0 Å². The third-order valence-corrected chi connectivity index (χ3v) is 6.09. The van der Waals surface area contributed by atoms with E-state index in [1.165, 1.54) is 0 Å². The number of hydrogen-bond donors (Lipinski definition) is 3. The molecule has 2 heterocycles. The average molecular weight is 456 g/mol. The molecule has 0 saturated carbocycles. The van der Waals surface area contributed by atoms with E-state index >= 15 is 0 Å². The predicted octanol–water partition coefficient (Wildman–Crippen LogP) is 3.59. The minimum absolute atomic E-state index is 0.266.